The molecule has 156 valence electrons. The third kappa shape index (κ3) is 5.34. The summed E-state index contributed by atoms with van der Waals surface area (Å²) in [6.07, 6.45) is 2.02. The van der Waals surface area contributed by atoms with E-state index in [-0.39, 0.29) is 5.69 Å². The van der Waals surface area contributed by atoms with Gasteiger partial charge in [-0.25, -0.2) is 0 Å². The van der Waals surface area contributed by atoms with E-state index >= 15 is 0 Å². The lowest BCUT2D eigenvalue weighted by molar-refractivity contribution is -0.384. The first-order valence-electron chi connectivity index (χ1n) is 10.2. The lowest BCUT2D eigenvalue weighted by Crippen LogP contribution is -2.66. The van der Waals surface area contributed by atoms with Crippen molar-refractivity contribution in [2.45, 2.75) is 26.7 Å². The van der Waals surface area contributed by atoms with Gasteiger partial charge in [-0.1, -0.05) is 74.5 Å². The van der Waals surface area contributed by atoms with E-state index in [1.165, 1.54) is 12.1 Å². The standard InChI is InChI=1S/C24H27NO4Si/c1-20(2)10-9-19-28-30(23-11-5-3-6-12-23,24-13-7-4-8-14-24)29-22-17-15-21(16-18-22)25(26)27/h3-8,11-18,20H,9-10,19H2,1-2H3. The summed E-state index contributed by atoms with van der Waals surface area (Å²) in [5.74, 6) is 1.16. The van der Waals surface area contributed by atoms with E-state index in [0.717, 1.165) is 23.2 Å². The molecule has 0 saturated heterocycles. The molecule has 0 spiro atoms. The SMILES string of the molecule is CC(C)CCCO[Si](Oc1ccc([N+](=O)[O-])cc1)(c1ccccc1)c1ccccc1. The Kier molecular flexibility index (Phi) is 7.38. The Hall–Kier alpha value is -2.96. The Labute approximate surface area is 178 Å². The maximum Gasteiger partial charge on any atom is 0.468 e. The molecule has 0 atom stereocenters. The molecule has 0 aromatic heterocycles. The number of nitro benzene ring substituents is 1. The molecule has 0 heterocycles. The second kappa shape index (κ2) is 10.2. The Balaban J connectivity index is 2.01. The molecule has 30 heavy (non-hydrogen) atoms. The van der Waals surface area contributed by atoms with Gasteiger partial charge < -0.3 is 8.85 Å². The zero-order valence-corrected chi connectivity index (χ0v) is 18.4. The second-order valence-corrected chi connectivity index (χ2v) is 10.5. The molecule has 0 radical (unpaired) electrons. The van der Waals surface area contributed by atoms with Crippen molar-refractivity contribution in [2.75, 3.05) is 6.61 Å². The monoisotopic (exact) mass is 421 g/mol. The molecule has 3 aromatic carbocycles. The van der Waals surface area contributed by atoms with Gasteiger partial charge in [-0.05, 0) is 30.9 Å². The molecule has 5 nitrogen and oxygen atoms in total. The van der Waals surface area contributed by atoms with Gasteiger partial charge in [0, 0.05) is 29.1 Å². The molecule has 0 N–H and O–H groups in total. The highest BCUT2D eigenvalue weighted by molar-refractivity contribution is 6.93. The van der Waals surface area contributed by atoms with Crippen LogP contribution in [-0.2, 0) is 4.43 Å². The van der Waals surface area contributed by atoms with E-state index in [1.54, 1.807) is 12.1 Å². The summed E-state index contributed by atoms with van der Waals surface area (Å²) >= 11 is 0. The van der Waals surface area contributed by atoms with Crippen LogP contribution in [0.2, 0.25) is 0 Å². The van der Waals surface area contributed by atoms with Crippen molar-refractivity contribution in [1.29, 1.82) is 0 Å². The van der Waals surface area contributed by atoms with Crippen molar-refractivity contribution in [3.05, 3.63) is 95.0 Å². The van der Waals surface area contributed by atoms with E-state index in [2.05, 4.69) is 13.8 Å². The second-order valence-electron chi connectivity index (χ2n) is 7.59. The van der Waals surface area contributed by atoms with Gasteiger partial charge in [-0.3, -0.25) is 10.1 Å². The maximum absolute atomic E-state index is 11.0. The molecule has 0 unspecified atom stereocenters. The van der Waals surface area contributed by atoms with Crippen molar-refractivity contribution in [2.24, 2.45) is 5.92 Å². The van der Waals surface area contributed by atoms with Crippen LogP contribution in [0.3, 0.4) is 0 Å². The van der Waals surface area contributed by atoms with E-state index in [9.17, 15) is 10.1 Å². The fourth-order valence-corrected chi connectivity index (χ4v) is 6.43. The molecule has 0 aliphatic carbocycles. The van der Waals surface area contributed by atoms with Gasteiger partial charge in [0.15, 0.2) is 0 Å². The molecule has 0 aliphatic heterocycles. The van der Waals surface area contributed by atoms with Crippen LogP contribution in [-0.4, -0.2) is 20.1 Å². The molecule has 0 saturated carbocycles. The first-order chi connectivity index (χ1) is 14.5. The highest BCUT2D eigenvalue weighted by atomic mass is 28.4. The average molecular weight is 422 g/mol. The van der Waals surface area contributed by atoms with Gasteiger partial charge in [0.1, 0.15) is 5.75 Å². The topological polar surface area (TPSA) is 61.6 Å². The number of non-ortho nitro benzene ring substituents is 1. The average Bonchev–Trinajstić information content (AvgIpc) is 2.77. The first kappa shape index (κ1) is 21.7. The van der Waals surface area contributed by atoms with Crippen LogP contribution in [0.1, 0.15) is 26.7 Å². The van der Waals surface area contributed by atoms with Crippen LogP contribution in [0, 0.1) is 16.0 Å². The number of nitro groups is 1. The van der Waals surface area contributed by atoms with Gasteiger partial charge in [-0.15, -0.1) is 0 Å². The van der Waals surface area contributed by atoms with Crippen LogP contribution in [0.4, 0.5) is 5.69 Å². The Bertz CT molecular complexity index is 891. The fraction of sp³-hybridized carbons (Fsp3) is 0.250. The van der Waals surface area contributed by atoms with Gasteiger partial charge in [0.05, 0.1) is 4.92 Å². The zero-order valence-electron chi connectivity index (χ0n) is 17.4. The summed E-state index contributed by atoms with van der Waals surface area (Å²) in [4.78, 5) is 10.6. The molecule has 0 aliphatic rings. The van der Waals surface area contributed by atoms with Crippen LogP contribution in [0.25, 0.3) is 0 Å². The molecular weight excluding hydrogens is 394 g/mol. The predicted molar refractivity (Wildman–Crippen MR) is 122 cm³/mol. The van der Waals surface area contributed by atoms with Crippen LogP contribution in [0.15, 0.2) is 84.9 Å². The quantitative estimate of drug-likeness (QED) is 0.206. The predicted octanol–water partition coefficient (Wildman–Crippen LogP) is 4.68. The van der Waals surface area contributed by atoms with E-state index < -0.39 is 13.5 Å². The summed E-state index contributed by atoms with van der Waals surface area (Å²) in [6.45, 7) is 4.99. The van der Waals surface area contributed by atoms with Gasteiger partial charge >= 0.3 is 8.56 Å². The van der Waals surface area contributed by atoms with Crippen molar-refractivity contribution < 1.29 is 13.8 Å². The highest BCUT2D eigenvalue weighted by Crippen LogP contribution is 2.22. The molecule has 0 bridgehead atoms. The van der Waals surface area contributed by atoms with Crippen LogP contribution in [0.5, 0.6) is 5.75 Å². The number of hydrogen-bond donors (Lipinski definition) is 0. The van der Waals surface area contributed by atoms with Crippen molar-refractivity contribution in [3.63, 3.8) is 0 Å². The summed E-state index contributed by atoms with van der Waals surface area (Å²) in [5.41, 5.74) is 0.0342. The Morgan fingerprint density at radius 2 is 1.40 bits per heavy atom. The number of rotatable bonds is 10. The summed E-state index contributed by atoms with van der Waals surface area (Å²) in [6, 6.07) is 26.2. The van der Waals surface area contributed by atoms with E-state index in [0.29, 0.717) is 18.3 Å². The van der Waals surface area contributed by atoms with Gasteiger partial charge in [0.25, 0.3) is 5.69 Å². The molecular formula is C24H27NO4Si. The normalized spacial score (nSPS) is 11.4. The lowest BCUT2D eigenvalue weighted by Gasteiger charge is -2.32. The van der Waals surface area contributed by atoms with E-state index in [1.807, 2.05) is 60.7 Å². The minimum atomic E-state index is -3.07. The smallest absolute Gasteiger partial charge is 0.468 e. The molecule has 6 heteroatoms. The van der Waals surface area contributed by atoms with E-state index in [4.69, 9.17) is 8.85 Å². The van der Waals surface area contributed by atoms with Gasteiger partial charge in [0.2, 0.25) is 0 Å². The Morgan fingerprint density at radius 1 is 0.867 bits per heavy atom. The summed E-state index contributed by atoms with van der Waals surface area (Å²) in [7, 11) is -3.07. The Morgan fingerprint density at radius 3 is 1.87 bits per heavy atom. The number of hydrogen-bond acceptors (Lipinski definition) is 4. The highest BCUT2D eigenvalue weighted by Gasteiger charge is 2.45. The molecule has 0 fully saturated rings. The minimum absolute atomic E-state index is 0.0342. The number of nitrogens with zero attached hydrogens (tertiary/aromatic N) is 1. The van der Waals surface area contributed by atoms with Gasteiger partial charge in [-0.2, -0.15) is 0 Å². The van der Waals surface area contributed by atoms with Crippen molar-refractivity contribution >= 4 is 24.6 Å². The maximum atomic E-state index is 11.0. The third-order valence-corrected chi connectivity index (χ3v) is 8.17. The third-order valence-electron chi connectivity index (χ3n) is 4.85. The van der Waals surface area contributed by atoms with Crippen molar-refractivity contribution in [1.82, 2.24) is 0 Å². The fourth-order valence-electron chi connectivity index (χ4n) is 3.31. The molecule has 3 rings (SSSR count). The largest absolute Gasteiger partial charge is 0.514 e. The first-order valence-corrected chi connectivity index (χ1v) is 12.0. The molecule has 3 aromatic rings. The van der Waals surface area contributed by atoms with Crippen LogP contribution >= 0.6 is 0 Å². The lowest BCUT2D eigenvalue weighted by atomic mass is 10.1. The van der Waals surface area contributed by atoms with Crippen molar-refractivity contribution in [3.8, 4) is 5.75 Å². The summed E-state index contributed by atoms with van der Waals surface area (Å²) < 4.78 is 13.2. The molecule has 0 amide bonds. The van der Waals surface area contributed by atoms with Crippen LogP contribution < -0.4 is 14.8 Å². The zero-order chi connectivity index (χ0) is 21.4. The number of benzene rings is 3. The minimum Gasteiger partial charge on any atom is -0.514 e. The summed E-state index contributed by atoms with van der Waals surface area (Å²) in [5, 5.41) is 13.0.